The SMILES string of the molecule is CCOC(=O)c1nc(-c2ccccc2)c2snc(-c3ccccc3F)c2c1O. The third kappa shape index (κ3) is 2.99. The minimum absolute atomic E-state index is 0.140. The van der Waals surface area contributed by atoms with E-state index in [1.807, 2.05) is 30.3 Å². The lowest BCUT2D eigenvalue weighted by atomic mass is 10.0. The summed E-state index contributed by atoms with van der Waals surface area (Å²) >= 11 is 1.10. The highest BCUT2D eigenvalue weighted by Gasteiger charge is 2.26. The number of hydrogen-bond acceptors (Lipinski definition) is 6. The number of benzene rings is 2. The number of ether oxygens (including phenoxy) is 1. The van der Waals surface area contributed by atoms with Crippen molar-refractivity contribution in [2.45, 2.75) is 6.92 Å². The highest BCUT2D eigenvalue weighted by Crippen LogP contribution is 2.43. The summed E-state index contributed by atoms with van der Waals surface area (Å²) in [6.45, 7) is 1.81. The molecule has 0 aliphatic carbocycles. The second-order valence-electron chi connectivity index (χ2n) is 5.96. The van der Waals surface area contributed by atoms with Crippen molar-refractivity contribution in [1.29, 1.82) is 0 Å². The Bertz CT molecular complexity index is 1180. The quantitative estimate of drug-likeness (QED) is 0.491. The molecule has 28 heavy (non-hydrogen) atoms. The minimum atomic E-state index is -0.746. The summed E-state index contributed by atoms with van der Waals surface area (Å²) in [6.07, 6.45) is 0. The van der Waals surface area contributed by atoms with Gasteiger partial charge in [-0.05, 0) is 30.6 Å². The Balaban J connectivity index is 2.07. The van der Waals surface area contributed by atoms with Crippen LogP contribution in [-0.4, -0.2) is 27.0 Å². The Hall–Kier alpha value is -3.32. The van der Waals surface area contributed by atoms with Gasteiger partial charge < -0.3 is 9.84 Å². The molecule has 7 heteroatoms. The normalized spacial score (nSPS) is 10.9. The summed E-state index contributed by atoms with van der Waals surface area (Å²) in [6, 6.07) is 15.4. The van der Waals surface area contributed by atoms with E-state index < -0.39 is 11.8 Å². The van der Waals surface area contributed by atoms with E-state index in [1.54, 1.807) is 25.1 Å². The number of carbonyl (C=O) groups is 1. The number of halogens is 1. The van der Waals surface area contributed by atoms with Crippen molar-refractivity contribution in [3.8, 4) is 28.3 Å². The van der Waals surface area contributed by atoms with Crippen LogP contribution in [0, 0.1) is 5.82 Å². The van der Waals surface area contributed by atoms with Crippen molar-refractivity contribution in [1.82, 2.24) is 9.36 Å². The summed E-state index contributed by atoms with van der Waals surface area (Å²) in [7, 11) is 0. The molecule has 4 aromatic rings. The van der Waals surface area contributed by atoms with Crippen molar-refractivity contribution in [2.24, 2.45) is 0 Å². The number of aromatic nitrogens is 2. The Morgan fingerprint density at radius 3 is 2.54 bits per heavy atom. The Labute approximate surface area is 164 Å². The number of pyridine rings is 1. The molecule has 0 radical (unpaired) electrons. The number of fused-ring (bicyclic) bond motifs is 1. The van der Waals surface area contributed by atoms with Crippen LogP contribution < -0.4 is 0 Å². The fourth-order valence-electron chi connectivity index (χ4n) is 2.98. The van der Waals surface area contributed by atoms with Crippen molar-refractivity contribution >= 4 is 27.6 Å². The van der Waals surface area contributed by atoms with Gasteiger partial charge >= 0.3 is 5.97 Å². The number of nitrogens with zero attached hydrogens (tertiary/aromatic N) is 2. The summed E-state index contributed by atoms with van der Waals surface area (Å²) in [5.74, 6) is -1.57. The highest BCUT2D eigenvalue weighted by atomic mass is 32.1. The van der Waals surface area contributed by atoms with Crippen molar-refractivity contribution in [3.63, 3.8) is 0 Å². The Morgan fingerprint density at radius 2 is 1.82 bits per heavy atom. The number of aromatic hydroxyl groups is 1. The van der Waals surface area contributed by atoms with Crippen molar-refractivity contribution in [2.75, 3.05) is 6.61 Å². The number of hydrogen-bond donors (Lipinski definition) is 1. The molecule has 140 valence electrons. The fraction of sp³-hybridized carbons (Fsp3) is 0.0952. The van der Waals surface area contributed by atoms with Gasteiger partial charge in [0.1, 0.15) is 5.82 Å². The van der Waals surface area contributed by atoms with Gasteiger partial charge in [0.25, 0.3) is 0 Å². The summed E-state index contributed by atoms with van der Waals surface area (Å²) < 4.78 is 24.4. The highest BCUT2D eigenvalue weighted by molar-refractivity contribution is 7.14. The molecule has 5 nitrogen and oxygen atoms in total. The molecule has 2 heterocycles. The maximum absolute atomic E-state index is 14.4. The third-order valence-electron chi connectivity index (χ3n) is 4.24. The van der Waals surface area contributed by atoms with E-state index in [2.05, 4.69) is 9.36 Å². The Morgan fingerprint density at radius 1 is 1.11 bits per heavy atom. The summed E-state index contributed by atoms with van der Waals surface area (Å²) in [5, 5.41) is 11.1. The van der Waals surface area contributed by atoms with E-state index in [-0.39, 0.29) is 34.7 Å². The molecule has 0 saturated carbocycles. The van der Waals surface area contributed by atoms with Crippen LogP contribution in [0.15, 0.2) is 54.6 Å². The van der Waals surface area contributed by atoms with E-state index in [1.165, 1.54) is 6.07 Å². The van der Waals surface area contributed by atoms with Crippen LogP contribution in [-0.2, 0) is 4.74 Å². The average Bonchev–Trinajstić information content (AvgIpc) is 3.15. The van der Waals surface area contributed by atoms with Gasteiger partial charge in [-0.15, -0.1) is 0 Å². The van der Waals surface area contributed by atoms with E-state index in [0.717, 1.165) is 17.1 Å². The maximum atomic E-state index is 14.4. The van der Waals surface area contributed by atoms with Crippen LogP contribution >= 0.6 is 11.5 Å². The van der Waals surface area contributed by atoms with Crippen molar-refractivity contribution < 1.29 is 19.0 Å². The molecule has 0 spiro atoms. The van der Waals surface area contributed by atoms with Gasteiger partial charge in [-0.25, -0.2) is 14.2 Å². The van der Waals surface area contributed by atoms with Crippen LogP contribution in [0.1, 0.15) is 17.4 Å². The van der Waals surface area contributed by atoms with E-state index in [0.29, 0.717) is 10.4 Å². The van der Waals surface area contributed by atoms with Crippen LogP contribution in [0.3, 0.4) is 0 Å². The van der Waals surface area contributed by atoms with E-state index in [4.69, 9.17) is 4.74 Å². The molecule has 0 amide bonds. The zero-order valence-electron chi connectivity index (χ0n) is 14.8. The van der Waals surface area contributed by atoms with E-state index >= 15 is 0 Å². The smallest absolute Gasteiger partial charge is 0.360 e. The predicted molar refractivity (Wildman–Crippen MR) is 106 cm³/mol. The first-order valence-corrected chi connectivity index (χ1v) is 9.39. The molecular weight excluding hydrogens is 379 g/mol. The second-order valence-corrected chi connectivity index (χ2v) is 6.73. The number of carbonyl (C=O) groups excluding carboxylic acids is 1. The summed E-state index contributed by atoms with van der Waals surface area (Å²) in [4.78, 5) is 16.8. The van der Waals surface area contributed by atoms with Gasteiger partial charge in [0.05, 0.1) is 28.1 Å². The molecule has 2 aromatic carbocycles. The zero-order valence-corrected chi connectivity index (χ0v) is 15.7. The first kappa shape index (κ1) is 18.1. The van der Waals surface area contributed by atoms with Gasteiger partial charge in [0.2, 0.25) is 0 Å². The number of esters is 1. The van der Waals surface area contributed by atoms with Gasteiger partial charge in [-0.2, -0.15) is 4.37 Å². The second kappa shape index (κ2) is 7.36. The molecule has 0 saturated heterocycles. The lowest BCUT2D eigenvalue weighted by molar-refractivity contribution is 0.0516. The van der Waals surface area contributed by atoms with Crippen LogP contribution in [0.2, 0.25) is 0 Å². The standard InChI is InChI=1S/C21H15FN2O3S/c1-2-27-21(26)18-19(25)15-17(13-10-6-7-11-14(13)22)24-28-20(15)16(23-18)12-8-4-3-5-9-12/h3-11,25H,2H2,1H3. The van der Waals surface area contributed by atoms with Gasteiger partial charge in [0.15, 0.2) is 11.4 Å². The summed E-state index contributed by atoms with van der Waals surface area (Å²) in [5.41, 5.74) is 1.52. The molecule has 0 aliphatic heterocycles. The molecule has 1 N–H and O–H groups in total. The maximum Gasteiger partial charge on any atom is 0.360 e. The van der Waals surface area contributed by atoms with Crippen LogP contribution in [0.25, 0.3) is 32.6 Å². The largest absolute Gasteiger partial charge is 0.505 e. The van der Waals surface area contributed by atoms with Crippen LogP contribution in [0.5, 0.6) is 5.75 Å². The lowest BCUT2D eigenvalue weighted by Crippen LogP contribution is -2.08. The van der Waals surface area contributed by atoms with Gasteiger partial charge in [-0.1, -0.05) is 42.5 Å². The molecule has 0 bridgehead atoms. The van der Waals surface area contributed by atoms with Gasteiger partial charge in [0, 0.05) is 11.1 Å². The molecule has 4 rings (SSSR count). The first-order chi connectivity index (χ1) is 13.6. The van der Waals surface area contributed by atoms with Gasteiger partial charge in [-0.3, -0.25) is 0 Å². The minimum Gasteiger partial charge on any atom is -0.505 e. The predicted octanol–water partition coefficient (Wildman–Crippen LogP) is 5.05. The monoisotopic (exact) mass is 394 g/mol. The Kier molecular flexibility index (Phi) is 4.75. The molecular formula is C21H15FN2O3S. The topological polar surface area (TPSA) is 72.3 Å². The zero-order chi connectivity index (χ0) is 19.7. The van der Waals surface area contributed by atoms with E-state index in [9.17, 15) is 14.3 Å². The first-order valence-electron chi connectivity index (χ1n) is 8.61. The molecule has 0 fully saturated rings. The third-order valence-corrected chi connectivity index (χ3v) is 5.09. The van der Waals surface area contributed by atoms with Crippen LogP contribution in [0.4, 0.5) is 4.39 Å². The average molecular weight is 394 g/mol. The molecule has 2 aromatic heterocycles. The number of rotatable bonds is 4. The fourth-order valence-corrected chi connectivity index (χ4v) is 3.88. The lowest BCUT2D eigenvalue weighted by Gasteiger charge is -2.10. The molecule has 0 unspecified atom stereocenters. The van der Waals surface area contributed by atoms with Crippen molar-refractivity contribution in [3.05, 3.63) is 66.1 Å². The molecule has 0 aliphatic rings. The molecule has 0 atom stereocenters.